The highest BCUT2D eigenvalue weighted by molar-refractivity contribution is 6.33. The third-order valence-electron chi connectivity index (χ3n) is 10.8. The van der Waals surface area contributed by atoms with Crippen molar-refractivity contribution in [1.82, 2.24) is 0 Å². The summed E-state index contributed by atoms with van der Waals surface area (Å²) in [5, 5.41) is 28.9. The van der Waals surface area contributed by atoms with E-state index in [0.29, 0.717) is 5.69 Å². The third-order valence-corrected chi connectivity index (χ3v) is 11.7. The van der Waals surface area contributed by atoms with Gasteiger partial charge in [-0.2, -0.15) is 0 Å². The van der Waals surface area contributed by atoms with Crippen molar-refractivity contribution in [2.24, 2.45) is 0 Å². The smallest absolute Gasteiger partial charge is 0.146 e. The van der Waals surface area contributed by atoms with Gasteiger partial charge in [0.05, 0.1) is 16.4 Å². The van der Waals surface area contributed by atoms with Crippen LogP contribution in [-0.4, -0.2) is 63.4 Å². The molecule has 0 fully saturated rings. The number of rotatable bonds is 9. The maximum Gasteiger partial charge on any atom is 0.146 e. The zero-order valence-corrected chi connectivity index (χ0v) is 50.8. The summed E-state index contributed by atoms with van der Waals surface area (Å²) in [6.45, 7) is 6.26. The molecule has 0 bridgehead atoms. The van der Waals surface area contributed by atoms with Crippen LogP contribution in [0.25, 0.3) is 0 Å². The molecule has 0 unspecified atom stereocenters. The van der Waals surface area contributed by atoms with Crippen LogP contribution in [0, 0.1) is 38.2 Å². The lowest BCUT2D eigenvalue weighted by atomic mass is 10.2. The van der Waals surface area contributed by atoms with E-state index in [1.54, 1.807) is 57.5 Å². The van der Waals surface area contributed by atoms with Crippen LogP contribution < -0.4 is 47.9 Å². The van der Waals surface area contributed by atoms with E-state index in [4.69, 9.17) is 34.8 Å². The minimum atomic E-state index is -0.208. The van der Waals surface area contributed by atoms with Gasteiger partial charge in [-0.05, 0) is 171 Å². The van der Waals surface area contributed by atoms with Crippen LogP contribution >= 0.6 is 34.8 Å². The van der Waals surface area contributed by atoms with Crippen LogP contribution in [0.3, 0.4) is 0 Å². The Morgan fingerprint density at radius 3 is 1.05 bits per heavy atom. The molecule has 0 spiro atoms. The van der Waals surface area contributed by atoms with Crippen LogP contribution in [0.15, 0.2) is 218 Å². The zero-order valence-electron chi connectivity index (χ0n) is 48.6. The number of halogens is 6. The summed E-state index contributed by atoms with van der Waals surface area (Å²) in [6.07, 6.45) is 0. The molecule has 0 saturated heterocycles. The van der Waals surface area contributed by atoms with Crippen molar-refractivity contribution < 1.29 is 13.2 Å². The third kappa shape index (κ3) is 33.1. The van der Waals surface area contributed by atoms with Crippen LogP contribution in [0.4, 0.5) is 64.4 Å². The second-order valence-corrected chi connectivity index (χ2v) is 18.1. The van der Waals surface area contributed by atoms with E-state index in [1.165, 1.54) is 64.1 Å². The molecule has 0 amide bonds. The van der Waals surface area contributed by atoms with Gasteiger partial charge in [-0.3, -0.25) is 0 Å². The fourth-order valence-electron chi connectivity index (χ4n) is 6.22. The molecule has 0 aromatic heterocycles. The van der Waals surface area contributed by atoms with Gasteiger partial charge < -0.3 is 47.9 Å². The van der Waals surface area contributed by atoms with Crippen molar-refractivity contribution in [3.05, 3.63) is 268 Å². The Hall–Kier alpha value is -8.16. The molecule has 0 aliphatic rings. The lowest BCUT2D eigenvalue weighted by molar-refractivity contribution is 0.628. The van der Waals surface area contributed by atoms with E-state index in [-0.39, 0.29) is 17.5 Å². The predicted octanol–water partition coefficient (Wildman–Crippen LogP) is 18.9. The molecule has 0 heterocycles. The van der Waals surface area contributed by atoms with Crippen molar-refractivity contribution in [3.8, 4) is 0 Å². The van der Waals surface area contributed by atoms with E-state index in [9.17, 15) is 13.2 Å². The summed E-state index contributed by atoms with van der Waals surface area (Å²) >= 11 is 17.1. The van der Waals surface area contributed by atoms with Crippen molar-refractivity contribution in [1.29, 1.82) is 0 Å². The Bertz CT molecular complexity index is 2700. The van der Waals surface area contributed by atoms with E-state index in [1.807, 2.05) is 145 Å². The van der Waals surface area contributed by atoms with E-state index in [0.717, 1.165) is 43.5 Å². The van der Waals surface area contributed by atoms with Crippen LogP contribution in [0.5, 0.6) is 0 Å². The van der Waals surface area contributed by atoms with Crippen LogP contribution in [-0.2, 0) is 0 Å². The fourth-order valence-corrected chi connectivity index (χ4v) is 6.77. The largest absolute Gasteiger partial charge is 0.388 e. The van der Waals surface area contributed by atoms with Gasteiger partial charge >= 0.3 is 0 Å². The quantitative estimate of drug-likeness (QED) is 0.0698. The maximum atomic E-state index is 12.5. The van der Waals surface area contributed by atoms with Gasteiger partial charge in [-0.25, -0.2) is 13.2 Å². The van der Waals surface area contributed by atoms with Gasteiger partial charge in [-0.15, -0.1) is 0 Å². The topological polar surface area (TPSA) is 108 Å². The normalized spacial score (nSPS) is 9.11. The molecule has 0 saturated carbocycles. The molecular formula is C66H81Cl3F3N9. The molecule has 9 rings (SSSR count). The highest BCUT2D eigenvalue weighted by atomic mass is 35.5. The lowest BCUT2D eigenvalue weighted by Gasteiger charge is -2.01. The molecule has 9 aromatic rings. The lowest BCUT2D eigenvalue weighted by Crippen LogP contribution is -1.90. The second kappa shape index (κ2) is 43.7. The first kappa shape index (κ1) is 70.9. The summed E-state index contributed by atoms with van der Waals surface area (Å²) < 4.78 is 37.0. The number of nitrogens with one attached hydrogen (secondary N) is 9. The van der Waals surface area contributed by atoms with Gasteiger partial charge in [0, 0.05) is 113 Å². The Labute approximate surface area is 496 Å². The second-order valence-electron chi connectivity index (χ2n) is 16.8. The van der Waals surface area contributed by atoms with Crippen molar-refractivity contribution in [3.63, 3.8) is 0 Å². The Morgan fingerprint density at radius 2 is 0.679 bits per heavy atom. The minimum absolute atomic E-state index is 0.200. The fraction of sp³-hybridized carbons (Fsp3) is 0.182. The van der Waals surface area contributed by atoms with E-state index in [2.05, 4.69) is 117 Å². The molecule has 0 atom stereocenters. The van der Waals surface area contributed by atoms with Crippen LogP contribution in [0.1, 0.15) is 16.7 Å². The van der Waals surface area contributed by atoms with Crippen molar-refractivity contribution in [2.75, 3.05) is 111 Å². The van der Waals surface area contributed by atoms with Gasteiger partial charge in [0.15, 0.2) is 0 Å². The average molecular weight is 1160 g/mol. The molecule has 9 nitrogen and oxygen atoms in total. The Balaban J connectivity index is 0.000000456. The van der Waals surface area contributed by atoms with Crippen molar-refractivity contribution >= 4 is 86.0 Å². The SMILES string of the molecule is CNc1ccc(C)cc1.CNc1ccc(Cl)cc1.CNc1ccc(F)cc1.CNc1cccc(C)c1.CNc1cccc(Cl)c1.CNc1cccc(F)c1.CNc1ccccc1C.CNc1ccccc1Cl.CNc1ccccc1F. The number of benzene rings is 9. The summed E-state index contributed by atoms with van der Waals surface area (Å²) in [4.78, 5) is 0. The summed E-state index contributed by atoms with van der Waals surface area (Å²) in [5.41, 5.74) is 12.8. The molecule has 432 valence electrons. The molecule has 9 aromatic carbocycles. The van der Waals surface area contributed by atoms with Crippen LogP contribution in [0.2, 0.25) is 15.1 Å². The molecule has 0 aliphatic heterocycles. The van der Waals surface area contributed by atoms with Gasteiger partial charge in [0.1, 0.15) is 17.5 Å². The molecule has 15 heteroatoms. The number of aryl methyl sites for hydroxylation is 3. The first-order chi connectivity index (χ1) is 39.0. The molecule has 0 radical (unpaired) electrons. The standard InChI is InChI=1S/3C8H11N.3C7H8ClN.3C7H8FN/c1-7-3-5-8(9-2)6-4-7;1-7-4-3-5-8(6-7)9-2;1-7-5-3-4-6-8(7)9-2;1-9-7-4-2-6(8)3-5-7;1-9-7-4-2-3-6(8)5-7;1-9-7-5-3-2-4-6(7)8;1-9-7-4-2-6(8)3-5-7;1-9-7-4-2-3-6(8)5-7;1-9-7-5-3-2-4-6(7)8/h3*3-6,9H,1-2H3;6*2-5,9H,1H3. The number of anilines is 9. The highest BCUT2D eigenvalue weighted by Gasteiger charge is 1.95. The first-order valence-electron chi connectivity index (χ1n) is 25.8. The highest BCUT2D eigenvalue weighted by Crippen LogP contribution is 2.19. The number of para-hydroxylation sites is 3. The summed E-state index contributed by atoms with van der Waals surface area (Å²) in [7, 11) is 16.6. The van der Waals surface area contributed by atoms with Gasteiger partial charge in [-0.1, -0.05) is 119 Å². The number of hydrogen-bond donors (Lipinski definition) is 9. The van der Waals surface area contributed by atoms with Gasteiger partial charge in [0.25, 0.3) is 0 Å². The zero-order chi connectivity index (χ0) is 60.2. The van der Waals surface area contributed by atoms with E-state index < -0.39 is 0 Å². The predicted molar refractivity (Wildman–Crippen MR) is 353 cm³/mol. The van der Waals surface area contributed by atoms with Gasteiger partial charge in [0.2, 0.25) is 0 Å². The molecule has 0 aliphatic carbocycles. The Morgan fingerprint density at radius 1 is 0.272 bits per heavy atom. The van der Waals surface area contributed by atoms with Crippen molar-refractivity contribution in [2.45, 2.75) is 20.8 Å². The molecule has 9 N–H and O–H groups in total. The Kier molecular flexibility index (Phi) is 38.2. The van der Waals surface area contributed by atoms with E-state index >= 15 is 0 Å². The minimum Gasteiger partial charge on any atom is -0.388 e. The molecule has 81 heavy (non-hydrogen) atoms. The number of hydrogen-bond acceptors (Lipinski definition) is 9. The average Bonchev–Trinajstić information content (AvgIpc) is 3.49. The molecular weight excluding hydrogens is 1080 g/mol. The monoisotopic (exact) mass is 1160 g/mol. The summed E-state index contributed by atoms with van der Waals surface area (Å²) in [6, 6.07) is 66.7. The first-order valence-corrected chi connectivity index (χ1v) is 26.9. The summed E-state index contributed by atoms with van der Waals surface area (Å²) in [5.74, 6) is -0.615. The maximum absolute atomic E-state index is 12.5.